The van der Waals surface area contributed by atoms with Crippen LogP contribution in [0.2, 0.25) is 0 Å². The summed E-state index contributed by atoms with van der Waals surface area (Å²) in [4.78, 5) is 22.0. The van der Waals surface area contributed by atoms with Crippen molar-refractivity contribution < 1.29 is 14.1 Å². The first-order valence-electron chi connectivity index (χ1n) is 5.24. The zero-order chi connectivity index (χ0) is 14.0. The van der Waals surface area contributed by atoms with Crippen LogP contribution in [0.3, 0.4) is 0 Å². The topological polar surface area (TPSA) is 101 Å². The number of nitro benzene ring substituents is 1. The average molecular weight is 264 g/mol. The Bertz CT molecular complexity index is 653. The molecule has 0 aliphatic heterocycles. The van der Waals surface area contributed by atoms with Crippen LogP contribution in [0, 0.1) is 22.9 Å². The number of anilines is 1. The van der Waals surface area contributed by atoms with Crippen molar-refractivity contribution in [1.82, 2.24) is 10.2 Å². The SMILES string of the molecule is Cc1cn[nH]c1NC(=O)c1cc(F)ccc1[N+](=O)[O-]. The normalized spacial score (nSPS) is 10.2. The Kier molecular flexibility index (Phi) is 3.23. The summed E-state index contributed by atoms with van der Waals surface area (Å²) in [5.41, 5.74) is -0.150. The summed E-state index contributed by atoms with van der Waals surface area (Å²) in [5, 5.41) is 19.4. The highest BCUT2D eigenvalue weighted by atomic mass is 19.1. The van der Waals surface area contributed by atoms with Crippen LogP contribution in [-0.2, 0) is 0 Å². The van der Waals surface area contributed by atoms with E-state index in [0.717, 1.165) is 18.2 Å². The van der Waals surface area contributed by atoms with E-state index >= 15 is 0 Å². The zero-order valence-electron chi connectivity index (χ0n) is 9.81. The van der Waals surface area contributed by atoms with Crippen molar-refractivity contribution >= 4 is 17.4 Å². The van der Waals surface area contributed by atoms with Gasteiger partial charge in [0.15, 0.2) is 0 Å². The summed E-state index contributed by atoms with van der Waals surface area (Å²) >= 11 is 0. The van der Waals surface area contributed by atoms with E-state index in [1.54, 1.807) is 6.92 Å². The lowest BCUT2D eigenvalue weighted by molar-refractivity contribution is -0.385. The molecule has 2 N–H and O–H groups in total. The van der Waals surface area contributed by atoms with Gasteiger partial charge < -0.3 is 5.32 Å². The van der Waals surface area contributed by atoms with E-state index in [1.807, 2.05) is 0 Å². The molecular formula is C11H9FN4O3. The summed E-state index contributed by atoms with van der Waals surface area (Å²) in [7, 11) is 0. The highest BCUT2D eigenvalue weighted by Crippen LogP contribution is 2.21. The van der Waals surface area contributed by atoms with Crippen LogP contribution in [-0.4, -0.2) is 21.0 Å². The first-order valence-corrected chi connectivity index (χ1v) is 5.24. The van der Waals surface area contributed by atoms with E-state index in [1.165, 1.54) is 6.20 Å². The lowest BCUT2D eigenvalue weighted by Gasteiger charge is -2.04. The molecule has 1 heterocycles. The molecule has 0 fully saturated rings. The minimum Gasteiger partial charge on any atom is -0.306 e. The number of benzene rings is 1. The maximum Gasteiger partial charge on any atom is 0.282 e. The Morgan fingerprint density at radius 2 is 2.26 bits per heavy atom. The van der Waals surface area contributed by atoms with Crippen molar-refractivity contribution in [2.24, 2.45) is 0 Å². The van der Waals surface area contributed by atoms with Crippen LogP contribution in [0.15, 0.2) is 24.4 Å². The zero-order valence-corrected chi connectivity index (χ0v) is 9.81. The number of nitrogens with zero attached hydrogens (tertiary/aromatic N) is 2. The largest absolute Gasteiger partial charge is 0.306 e. The quantitative estimate of drug-likeness (QED) is 0.654. The van der Waals surface area contributed by atoms with Gasteiger partial charge in [-0.3, -0.25) is 20.0 Å². The second kappa shape index (κ2) is 4.84. The smallest absolute Gasteiger partial charge is 0.282 e. The van der Waals surface area contributed by atoms with Crippen LogP contribution in [0.25, 0.3) is 0 Å². The predicted octanol–water partition coefficient (Wildman–Crippen LogP) is 2.02. The van der Waals surface area contributed by atoms with Crippen LogP contribution >= 0.6 is 0 Å². The standard InChI is InChI=1S/C11H9FN4O3/c1-6-5-13-15-10(6)14-11(17)8-4-7(12)2-3-9(8)16(18)19/h2-5H,1H3,(H2,13,14,15,17). The van der Waals surface area contributed by atoms with E-state index < -0.39 is 22.3 Å². The second-order valence-corrected chi connectivity index (χ2v) is 3.80. The van der Waals surface area contributed by atoms with Gasteiger partial charge in [0.2, 0.25) is 0 Å². The number of hydrogen-bond donors (Lipinski definition) is 2. The van der Waals surface area contributed by atoms with Crippen molar-refractivity contribution in [3.63, 3.8) is 0 Å². The van der Waals surface area contributed by atoms with Gasteiger partial charge in [0.05, 0.1) is 11.1 Å². The van der Waals surface area contributed by atoms with E-state index in [-0.39, 0.29) is 5.56 Å². The molecule has 98 valence electrons. The van der Waals surface area contributed by atoms with Crippen molar-refractivity contribution in [2.75, 3.05) is 5.32 Å². The number of hydrogen-bond acceptors (Lipinski definition) is 4. The third kappa shape index (κ3) is 2.57. The summed E-state index contributed by atoms with van der Waals surface area (Å²) in [5.74, 6) is -1.20. The molecular weight excluding hydrogens is 255 g/mol. The molecule has 8 heteroatoms. The molecule has 0 saturated heterocycles. The van der Waals surface area contributed by atoms with Gasteiger partial charge in [0, 0.05) is 11.6 Å². The molecule has 19 heavy (non-hydrogen) atoms. The first kappa shape index (κ1) is 12.7. The van der Waals surface area contributed by atoms with Gasteiger partial charge in [-0.1, -0.05) is 0 Å². The number of aryl methyl sites for hydroxylation is 1. The summed E-state index contributed by atoms with van der Waals surface area (Å²) in [6.07, 6.45) is 1.48. The Balaban J connectivity index is 2.36. The molecule has 0 atom stereocenters. The fourth-order valence-electron chi connectivity index (χ4n) is 1.50. The lowest BCUT2D eigenvalue weighted by Crippen LogP contribution is -2.15. The number of halogens is 1. The van der Waals surface area contributed by atoms with Crippen LogP contribution in [0.1, 0.15) is 15.9 Å². The number of nitro groups is 1. The van der Waals surface area contributed by atoms with Gasteiger partial charge in [-0.15, -0.1) is 0 Å². The number of carbonyl (C=O) groups excluding carboxylic acids is 1. The fourth-order valence-corrected chi connectivity index (χ4v) is 1.50. The molecule has 0 saturated carbocycles. The third-order valence-corrected chi connectivity index (χ3v) is 2.47. The fraction of sp³-hybridized carbons (Fsp3) is 0.0909. The lowest BCUT2D eigenvalue weighted by atomic mass is 10.1. The maximum absolute atomic E-state index is 13.1. The molecule has 2 rings (SSSR count). The number of amides is 1. The molecule has 1 aromatic heterocycles. The van der Waals surface area contributed by atoms with Gasteiger partial charge >= 0.3 is 0 Å². The third-order valence-electron chi connectivity index (χ3n) is 2.47. The highest BCUT2D eigenvalue weighted by Gasteiger charge is 2.21. The monoisotopic (exact) mass is 264 g/mol. The molecule has 1 amide bonds. The van der Waals surface area contributed by atoms with Crippen molar-refractivity contribution in [3.05, 3.63) is 51.5 Å². The second-order valence-electron chi connectivity index (χ2n) is 3.80. The summed E-state index contributed by atoms with van der Waals surface area (Å²) in [6.45, 7) is 1.69. The highest BCUT2D eigenvalue weighted by molar-refractivity contribution is 6.06. The van der Waals surface area contributed by atoms with Crippen molar-refractivity contribution in [3.8, 4) is 0 Å². The minimum absolute atomic E-state index is 0.309. The first-order chi connectivity index (χ1) is 8.99. The summed E-state index contributed by atoms with van der Waals surface area (Å²) in [6, 6.07) is 2.69. The molecule has 0 radical (unpaired) electrons. The van der Waals surface area contributed by atoms with E-state index in [2.05, 4.69) is 15.5 Å². The number of aromatic nitrogens is 2. The molecule has 7 nitrogen and oxygen atoms in total. The van der Waals surface area contributed by atoms with Crippen LogP contribution in [0.4, 0.5) is 15.9 Å². The molecule has 0 unspecified atom stereocenters. The number of rotatable bonds is 3. The van der Waals surface area contributed by atoms with Crippen molar-refractivity contribution in [1.29, 1.82) is 0 Å². The molecule has 0 spiro atoms. The average Bonchev–Trinajstić information content (AvgIpc) is 2.74. The number of aromatic amines is 1. The van der Waals surface area contributed by atoms with Gasteiger partial charge in [0.1, 0.15) is 17.2 Å². The Hall–Kier alpha value is -2.77. The molecule has 1 aromatic carbocycles. The van der Waals surface area contributed by atoms with Crippen LogP contribution in [0.5, 0.6) is 0 Å². The van der Waals surface area contributed by atoms with Crippen molar-refractivity contribution in [2.45, 2.75) is 6.92 Å². The Labute approximate surface area is 106 Å². The maximum atomic E-state index is 13.1. The molecule has 0 bridgehead atoms. The Morgan fingerprint density at radius 1 is 1.53 bits per heavy atom. The van der Waals surface area contributed by atoms with Crippen LogP contribution < -0.4 is 5.32 Å². The Morgan fingerprint density at radius 3 is 2.84 bits per heavy atom. The van der Waals surface area contributed by atoms with Gasteiger partial charge in [0.25, 0.3) is 11.6 Å². The van der Waals surface area contributed by atoms with Gasteiger partial charge in [-0.25, -0.2) is 4.39 Å². The number of nitrogens with one attached hydrogen (secondary N) is 2. The summed E-state index contributed by atoms with van der Waals surface area (Å²) < 4.78 is 13.1. The predicted molar refractivity (Wildman–Crippen MR) is 64.3 cm³/mol. The van der Waals surface area contributed by atoms with E-state index in [9.17, 15) is 19.3 Å². The molecule has 2 aromatic rings. The molecule has 0 aliphatic carbocycles. The van der Waals surface area contributed by atoms with E-state index in [0.29, 0.717) is 11.4 Å². The number of H-pyrrole nitrogens is 1. The minimum atomic E-state index is -0.779. The van der Waals surface area contributed by atoms with E-state index in [4.69, 9.17) is 0 Å². The van der Waals surface area contributed by atoms with Gasteiger partial charge in [-0.05, 0) is 19.1 Å². The van der Waals surface area contributed by atoms with Gasteiger partial charge in [-0.2, -0.15) is 5.10 Å². The molecule has 0 aliphatic rings. The number of carbonyl (C=O) groups is 1.